The summed E-state index contributed by atoms with van der Waals surface area (Å²) in [6, 6.07) is 0. The molecule has 0 aromatic carbocycles. The van der Waals surface area contributed by atoms with Crippen LogP contribution in [0.1, 0.15) is 57.2 Å². The van der Waals surface area contributed by atoms with Crippen molar-refractivity contribution < 1.29 is 5.11 Å². The van der Waals surface area contributed by atoms with Crippen molar-refractivity contribution in [2.75, 3.05) is 6.61 Å². The van der Waals surface area contributed by atoms with E-state index in [1.165, 1.54) is 36.4 Å². The van der Waals surface area contributed by atoms with Crippen molar-refractivity contribution in [2.24, 2.45) is 11.8 Å². The van der Waals surface area contributed by atoms with Crippen LogP contribution in [0.5, 0.6) is 0 Å². The Labute approximate surface area is 114 Å². The average molecular weight is 267 g/mol. The lowest BCUT2D eigenvalue weighted by Crippen LogP contribution is -2.19. The third kappa shape index (κ3) is 3.33. The van der Waals surface area contributed by atoms with Crippen molar-refractivity contribution in [2.45, 2.75) is 58.3 Å². The highest BCUT2D eigenvalue weighted by Crippen LogP contribution is 2.34. The number of aliphatic hydroxyl groups excluding tert-OH is 1. The second kappa shape index (κ2) is 5.70. The van der Waals surface area contributed by atoms with E-state index in [-0.39, 0.29) is 5.41 Å². The molecule has 0 aliphatic heterocycles. The number of hydrogen-bond donors (Lipinski definition) is 1. The first kappa shape index (κ1) is 14.0. The highest BCUT2D eigenvalue weighted by atomic mass is 32.1. The van der Waals surface area contributed by atoms with Gasteiger partial charge in [-0.05, 0) is 11.8 Å². The average Bonchev–Trinajstić information content (AvgIpc) is 2.95. The predicted octanol–water partition coefficient (Wildman–Crippen LogP) is 3.78. The van der Waals surface area contributed by atoms with Gasteiger partial charge in [-0.1, -0.05) is 46.5 Å². The summed E-state index contributed by atoms with van der Waals surface area (Å²) in [5.74, 6) is 1.14. The smallest absolute Gasteiger partial charge is 0.0932 e. The Bertz CT molecular complexity index is 374. The molecule has 1 fully saturated rings. The summed E-state index contributed by atoms with van der Waals surface area (Å²) in [5.41, 5.74) is 1.32. The Balaban J connectivity index is 2.01. The molecule has 1 aromatic rings. The highest BCUT2D eigenvalue weighted by molar-refractivity contribution is 7.09. The largest absolute Gasteiger partial charge is 0.396 e. The fourth-order valence-corrected chi connectivity index (χ4v) is 3.90. The monoisotopic (exact) mass is 267 g/mol. The number of thiazole rings is 1. The van der Waals surface area contributed by atoms with Crippen LogP contribution in [0.25, 0.3) is 0 Å². The van der Waals surface area contributed by atoms with Gasteiger partial charge in [0.1, 0.15) is 0 Å². The third-order valence-electron chi connectivity index (χ3n) is 4.06. The van der Waals surface area contributed by atoms with Gasteiger partial charge in [-0.25, -0.2) is 4.98 Å². The first-order valence-electron chi connectivity index (χ1n) is 7.06. The summed E-state index contributed by atoms with van der Waals surface area (Å²) in [6.07, 6.45) is 6.23. The van der Waals surface area contributed by atoms with E-state index >= 15 is 0 Å². The van der Waals surface area contributed by atoms with Crippen molar-refractivity contribution in [3.63, 3.8) is 0 Å². The highest BCUT2D eigenvalue weighted by Gasteiger charge is 2.26. The minimum absolute atomic E-state index is 0.136. The molecular weight excluding hydrogens is 242 g/mol. The van der Waals surface area contributed by atoms with Gasteiger partial charge < -0.3 is 5.11 Å². The Hall–Kier alpha value is -0.410. The van der Waals surface area contributed by atoms with Gasteiger partial charge >= 0.3 is 0 Å². The first-order valence-corrected chi connectivity index (χ1v) is 7.94. The van der Waals surface area contributed by atoms with Gasteiger partial charge in [0.15, 0.2) is 0 Å². The number of nitrogens with zero attached hydrogens (tertiary/aromatic N) is 1. The summed E-state index contributed by atoms with van der Waals surface area (Å²) in [5, 5.41) is 13.0. The topological polar surface area (TPSA) is 33.1 Å². The lowest BCUT2D eigenvalue weighted by Gasteiger charge is -2.20. The normalized spacial score (nSPS) is 19.3. The zero-order valence-corrected chi connectivity index (χ0v) is 12.6. The zero-order valence-electron chi connectivity index (χ0n) is 11.8. The van der Waals surface area contributed by atoms with Crippen LogP contribution in [0.2, 0.25) is 0 Å². The van der Waals surface area contributed by atoms with E-state index in [2.05, 4.69) is 26.2 Å². The second-order valence-electron chi connectivity index (χ2n) is 6.57. The Morgan fingerprint density at radius 3 is 2.56 bits per heavy atom. The van der Waals surface area contributed by atoms with E-state index in [0.717, 1.165) is 12.3 Å². The lowest BCUT2D eigenvalue weighted by atomic mass is 9.89. The molecule has 0 amide bonds. The molecule has 1 unspecified atom stereocenters. The fraction of sp³-hybridized carbons (Fsp3) is 0.800. The molecular formula is C15H25NOS. The Morgan fingerprint density at radius 1 is 1.39 bits per heavy atom. The van der Waals surface area contributed by atoms with Crippen LogP contribution in [0.4, 0.5) is 0 Å². The van der Waals surface area contributed by atoms with Crippen LogP contribution in [0.3, 0.4) is 0 Å². The van der Waals surface area contributed by atoms with Crippen LogP contribution in [-0.2, 0) is 11.8 Å². The molecule has 2 rings (SSSR count). The summed E-state index contributed by atoms with van der Waals surface area (Å²) < 4.78 is 0. The number of hydrogen-bond acceptors (Lipinski definition) is 3. The van der Waals surface area contributed by atoms with Crippen LogP contribution in [-0.4, -0.2) is 16.7 Å². The maximum atomic E-state index is 9.59. The van der Waals surface area contributed by atoms with Crippen molar-refractivity contribution in [3.05, 3.63) is 16.1 Å². The Morgan fingerprint density at radius 2 is 2.06 bits per heavy atom. The molecule has 0 spiro atoms. The summed E-state index contributed by atoms with van der Waals surface area (Å²) >= 11 is 1.76. The van der Waals surface area contributed by atoms with Crippen LogP contribution < -0.4 is 0 Å². The summed E-state index contributed by atoms with van der Waals surface area (Å²) in [4.78, 5) is 4.75. The van der Waals surface area contributed by atoms with E-state index in [0.29, 0.717) is 12.5 Å². The molecule has 1 aromatic heterocycles. The zero-order chi connectivity index (χ0) is 13.2. The standard InChI is InChI=1S/C15H25NOS/c1-15(2,3)13-10-18-14(16-13)8-12(9-17)11-6-4-5-7-11/h10-12,17H,4-9H2,1-3H3. The van der Waals surface area contributed by atoms with E-state index < -0.39 is 0 Å². The maximum absolute atomic E-state index is 9.59. The predicted molar refractivity (Wildman–Crippen MR) is 77.1 cm³/mol. The number of rotatable bonds is 4. The minimum atomic E-state index is 0.136. The molecule has 1 aliphatic carbocycles. The number of aromatic nitrogens is 1. The van der Waals surface area contributed by atoms with E-state index in [1.54, 1.807) is 11.3 Å². The molecule has 0 radical (unpaired) electrons. The van der Waals surface area contributed by atoms with Gasteiger partial charge in [0.2, 0.25) is 0 Å². The third-order valence-corrected chi connectivity index (χ3v) is 4.93. The van der Waals surface area contributed by atoms with Gasteiger partial charge in [0.25, 0.3) is 0 Å². The van der Waals surface area contributed by atoms with Gasteiger partial charge in [-0.15, -0.1) is 11.3 Å². The molecule has 2 nitrogen and oxygen atoms in total. The van der Waals surface area contributed by atoms with Gasteiger partial charge in [0, 0.05) is 23.8 Å². The van der Waals surface area contributed by atoms with Crippen molar-refractivity contribution in [1.29, 1.82) is 0 Å². The summed E-state index contributed by atoms with van der Waals surface area (Å²) in [6.45, 7) is 6.92. The fourth-order valence-electron chi connectivity index (χ4n) is 2.78. The van der Waals surface area contributed by atoms with Gasteiger partial charge in [-0.3, -0.25) is 0 Å². The quantitative estimate of drug-likeness (QED) is 0.900. The van der Waals surface area contributed by atoms with Crippen molar-refractivity contribution in [3.8, 4) is 0 Å². The molecule has 1 N–H and O–H groups in total. The molecule has 0 bridgehead atoms. The first-order chi connectivity index (χ1) is 8.50. The number of aliphatic hydroxyl groups is 1. The van der Waals surface area contributed by atoms with Crippen molar-refractivity contribution in [1.82, 2.24) is 4.98 Å². The van der Waals surface area contributed by atoms with Gasteiger partial charge in [0.05, 0.1) is 10.7 Å². The molecule has 102 valence electrons. The molecule has 1 heterocycles. The van der Waals surface area contributed by atoms with Crippen molar-refractivity contribution >= 4 is 11.3 Å². The van der Waals surface area contributed by atoms with E-state index in [9.17, 15) is 5.11 Å². The molecule has 1 atom stereocenters. The molecule has 18 heavy (non-hydrogen) atoms. The summed E-state index contributed by atoms with van der Waals surface area (Å²) in [7, 11) is 0. The maximum Gasteiger partial charge on any atom is 0.0932 e. The van der Waals surface area contributed by atoms with E-state index in [4.69, 9.17) is 4.98 Å². The minimum Gasteiger partial charge on any atom is -0.396 e. The molecule has 1 aliphatic rings. The SMILES string of the molecule is CC(C)(C)c1csc(CC(CO)C2CCCC2)n1. The Kier molecular flexibility index (Phi) is 4.44. The van der Waals surface area contributed by atoms with E-state index in [1.807, 2.05) is 0 Å². The van der Waals surface area contributed by atoms with Crippen LogP contribution in [0.15, 0.2) is 5.38 Å². The van der Waals surface area contributed by atoms with Crippen LogP contribution in [0, 0.1) is 11.8 Å². The molecule has 1 saturated carbocycles. The molecule has 0 saturated heterocycles. The lowest BCUT2D eigenvalue weighted by molar-refractivity contribution is 0.175. The van der Waals surface area contributed by atoms with Gasteiger partial charge in [-0.2, -0.15) is 0 Å². The van der Waals surface area contributed by atoms with Crippen LogP contribution >= 0.6 is 11.3 Å². The second-order valence-corrected chi connectivity index (χ2v) is 7.51. The molecule has 3 heteroatoms.